The van der Waals surface area contributed by atoms with Crippen LogP contribution in [0.2, 0.25) is 0 Å². The Morgan fingerprint density at radius 2 is 1.96 bits per heavy atom. The van der Waals surface area contributed by atoms with Crippen LogP contribution in [0, 0.1) is 12.3 Å². The van der Waals surface area contributed by atoms with E-state index in [4.69, 9.17) is 9.97 Å². The van der Waals surface area contributed by atoms with Crippen molar-refractivity contribution in [3.05, 3.63) is 17.6 Å². The van der Waals surface area contributed by atoms with Crippen molar-refractivity contribution in [2.24, 2.45) is 5.41 Å². The molecule has 132 valence electrons. The van der Waals surface area contributed by atoms with Gasteiger partial charge in [-0.1, -0.05) is 0 Å². The first-order chi connectivity index (χ1) is 11.7. The molecular weight excluding hydrogens is 298 g/mol. The summed E-state index contributed by atoms with van der Waals surface area (Å²) in [5.74, 6) is 2.65. The largest absolute Gasteiger partial charge is 0.356 e. The van der Waals surface area contributed by atoms with Crippen LogP contribution in [-0.4, -0.2) is 49.2 Å². The van der Waals surface area contributed by atoms with Gasteiger partial charge in [0.25, 0.3) is 0 Å². The average molecular weight is 329 g/mol. The Kier molecular flexibility index (Phi) is 4.72. The molecule has 4 heterocycles. The van der Waals surface area contributed by atoms with Crippen LogP contribution >= 0.6 is 0 Å². The van der Waals surface area contributed by atoms with Crippen molar-refractivity contribution in [2.75, 3.05) is 44.2 Å². The maximum atomic E-state index is 4.81. The van der Waals surface area contributed by atoms with Gasteiger partial charge in [0.2, 0.25) is 0 Å². The van der Waals surface area contributed by atoms with Gasteiger partial charge in [0.05, 0.1) is 5.69 Å². The van der Waals surface area contributed by atoms with Gasteiger partial charge in [0.1, 0.15) is 11.6 Å². The number of aryl methyl sites for hydroxylation is 1. The van der Waals surface area contributed by atoms with Gasteiger partial charge in [-0.2, -0.15) is 0 Å². The highest BCUT2D eigenvalue weighted by Crippen LogP contribution is 2.39. The molecule has 3 aliphatic heterocycles. The maximum Gasteiger partial charge on any atom is 0.132 e. The van der Waals surface area contributed by atoms with Crippen LogP contribution in [0.25, 0.3) is 0 Å². The summed E-state index contributed by atoms with van der Waals surface area (Å²) < 4.78 is 0. The molecule has 0 saturated carbocycles. The molecule has 0 bridgehead atoms. The van der Waals surface area contributed by atoms with E-state index in [-0.39, 0.29) is 0 Å². The smallest absolute Gasteiger partial charge is 0.132 e. The van der Waals surface area contributed by atoms with Crippen LogP contribution in [0.1, 0.15) is 56.0 Å². The fourth-order valence-corrected chi connectivity index (χ4v) is 4.82. The number of anilines is 1. The highest BCUT2D eigenvalue weighted by Gasteiger charge is 2.37. The molecular formula is C19H31N5. The van der Waals surface area contributed by atoms with Gasteiger partial charge in [-0.15, -0.1) is 0 Å². The molecule has 1 spiro atoms. The molecule has 0 aromatic carbocycles. The summed E-state index contributed by atoms with van der Waals surface area (Å²) in [4.78, 5) is 12.1. The minimum atomic E-state index is 0.509. The third-order valence-corrected chi connectivity index (χ3v) is 6.21. The second-order valence-corrected chi connectivity index (χ2v) is 8.02. The molecule has 5 nitrogen and oxygen atoms in total. The molecule has 5 heteroatoms. The van der Waals surface area contributed by atoms with Gasteiger partial charge in [0, 0.05) is 31.6 Å². The Morgan fingerprint density at radius 3 is 2.75 bits per heavy atom. The van der Waals surface area contributed by atoms with Crippen molar-refractivity contribution in [3.63, 3.8) is 0 Å². The Labute approximate surface area is 145 Å². The Balaban J connectivity index is 1.55. The molecule has 1 aromatic heterocycles. The van der Waals surface area contributed by atoms with E-state index in [1.54, 1.807) is 0 Å². The molecule has 1 aromatic rings. The predicted molar refractivity (Wildman–Crippen MR) is 97.6 cm³/mol. The molecule has 0 radical (unpaired) electrons. The maximum absolute atomic E-state index is 4.81. The van der Waals surface area contributed by atoms with Gasteiger partial charge < -0.3 is 15.5 Å². The molecule has 3 saturated heterocycles. The summed E-state index contributed by atoms with van der Waals surface area (Å²) in [5.41, 5.74) is 1.75. The van der Waals surface area contributed by atoms with Crippen molar-refractivity contribution in [2.45, 2.75) is 51.4 Å². The SMILES string of the molecule is Cc1nc([C@@H]2CCCNC2)cc(N2CCCC3(CCNCC3)C2)n1. The first-order valence-electron chi connectivity index (χ1n) is 9.76. The van der Waals surface area contributed by atoms with Crippen LogP contribution in [0.4, 0.5) is 5.82 Å². The van der Waals surface area contributed by atoms with E-state index in [0.717, 1.165) is 25.5 Å². The fraction of sp³-hybridized carbons (Fsp3) is 0.789. The van der Waals surface area contributed by atoms with Crippen LogP contribution in [-0.2, 0) is 0 Å². The van der Waals surface area contributed by atoms with E-state index < -0.39 is 0 Å². The molecule has 0 amide bonds. The third-order valence-electron chi connectivity index (χ3n) is 6.21. The summed E-state index contributed by atoms with van der Waals surface area (Å²) in [5, 5.41) is 7.04. The summed E-state index contributed by atoms with van der Waals surface area (Å²) in [7, 11) is 0. The van der Waals surface area contributed by atoms with Crippen LogP contribution < -0.4 is 15.5 Å². The van der Waals surface area contributed by atoms with E-state index in [0.29, 0.717) is 11.3 Å². The van der Waals surface area contributed by atoms with E-state index >= 15 is 0 Å². The highest BCUT2D eigenvalue weighted by molar-refractivity contribution is 5.42. The lowest BCUT2D eigenvalue weighted by Gasteiger charge is -2.46. The van der Waals surface area contributed by atoms with Crippen molar-refractivity contribution in [1.82, 2.24) is 20.6 Å². The molecule has 2 N–H and O–H groups in total. The minimum Gasteiger partial charge on any atom is -0.356 e. The lowest BCUT2D eigenvalue weighted by Crippen LogP contribution is -2.49. The van der Waals surface area contributed by atoms with Gasteiger partial charge >= 0.3 is 0 Å². The Hall–Kier alpha value is -1.20. The van der Waals surface area contributed by atoms with E-state index in [1.807, 2.05) is 6.92 Å². The van der Waals surface area contributed by atoms with Crippen LogP contribution in [0.5, 0.6) is 0 Å². The zero-order valence-corrected chi connectivity index (χ0v) is 15.0. The second kappa shape index (κ2) is 6.96. The van der Waals surface area contributed by atoms with Crippen molar-refractivity contribution >= 4 is 5.82 Å². The topological polar surface area (TPSA) is 53.1 Å². The quantitative estimate of drug-likeness (QED) is 0.871. The van der Waals surface area contributed by atoms with Crippen LogP contribution in [0.3, 0.4) is 0 Å². The van der Waals surface area contributed by atoms with Crippen molar-refractivity contribution in [3.8, 4) is 0 Å². The van der Waals surface area contributed by atoms with E-state index in [2.05, 4.69) is 21.6 Å². The molecule has 0 unspecified atom stereocenters. The number of hydrogen-bond acceptors (Lipinski definition) is 5. The summed E-state index contributed by atoms with van der Waals surface area (Å²) in [6.45, 7) is 8.93. The molecule has 0 aliphatic carbocycles. The van der Waals surface area contributed by atoms with Gasteiger partial charge in [-0.05, 0) is 70.5 Å². The van der Waals surface area contributed by atoms with Gasteiger partial charge in [-0.3, -0.25) is 0 Å². The first-order valence-corrected chi connectivity index (χ1v) is 9.76. The second-order valence-electron chi connectivity index (χ2n) is 8.02. The highest BCUT2D eigenvalue weighted by atomic mass is 15.2. The minimum absolute atomic E-state index is 0.509. The zero-order chi connectivity index (χ0) is 16.4. The molecule has 24 heavy (non-hydrogen) atoms. The summed E-state index contributed by atoms with van der Waals surface area (Å²) in [6.07, 6.45) is 7.80. The van der Waals surface area contributed by atoms with Crippen LogP contribution in [0.15, 0.2) is 6.07 Å². The monoisotopic (exact) mass is 329 g/mol. The Bertz CT molecular complexity index is 555. The third kappa shape index (κ3) is 3.42. The van der Waals surface area contributed by atoms with E-state index in [1.165, 1.54) is 69.7 Å². The normalized spacial score (nSPS) is 27.4. The number of nitrogens with zero attached hydrogens (tertiary/aromatic N) is 3. The predicted octanol–water partition coefficient (Wildman–Crippen LogP) is 2.22. The number of aromatic nitrogens is 2. The molecule has 3 fully saturated rings. The number of nitrogens with one attached hydrogen (secondary N) is 2. The van der Waals surface area contributed by atoms with Crippen molar-refractivity contribution in [1.29, 1.82) is 0 Å². The number of piperidine rings is 3. The summed E-state index contributed by atoms with van der Waals surface area (Å²) in [6, 6.07) is 2.28. The zero-order valence-electron chi connectivity index (χ0n) is 15.0. The van der Waals surface area contributed by atoms with E-state index in [9.17, 15) is 0 Å². The molecule has 3 aliphatic rings. The standard InChI is InChI=1S/C19H31N5/c1-15-22-17(16-4-2-8-21-13-16)12-18(23-15)24-11-3-5-19(14-24)6-9-20-10-7-19/h12,16,20-21H,2-11,13-14H2,1H3/t16-/m1/s1. The lowest BCUT2D eigenvalue weighted by molar-refractivity contribution is 0.166. The number of rotatable bonds is 2. The van der Waals surface area contributed by atoms with Gasteiger partial charge in [0.15, 0.2) is 0 Å². The Morgan fingerprint density at radius 1 is 1.08 bits per heavy atom. The first kappa shape index (κ1) is 16.3. The molecule has 1 atom stereocenters. The van der Waals surface area contributed by atoms with Gasteiger partial charge in [-0.25, -0.2) is 9.97 Å². The lowest BCUT2D eigenvalue weighted by atomic mass is 9.73. The fourth-order valence-electron chi connectivity index (χ4n) is 4.82. The molecule has 4 rings (SSSR count). The van der Waals surface area contributed by atoms with Crippen molar-refractivity contribution < 1.29 is 0 Å². The average Bonchev–Trinajstić information content (AvgIpc) is 2.63. The number of hydrogen-bond donors (Lipinski definition) is 2. The summed E-state index contributed by atoms with van der Waals surface area (Å²) >= 11 is 0.